The summed E-state index contributed by atoms with van der Waals surface area (Å²) in [5.74, 6) is -1.32. The number of piperazine rings is 1. The summed E-state index contributed by atoms with van der Waals surface area (Å²) in [6.45, 7) is 20.1. The molecule has 0 amide bonds. The molecule has 0 unspecified atom stereocenters. The van der Waals surface area contributed by atoms with Crippen molar-refractivity contribution in [1.82, 2.24) is 9.80 Å². The van der Waals surface area contributed by atoms with Gasteiger partial charge in [0.25, 0.3) is 5.92 Å². The molecular weight excluding hydrogens is 440 g/mol. The van der Waals surface area contributed by atoms with E-state index in [1.165, 1.54) is 18.6 Å². The molecule has 192 valence electrons. The predicted octanol–water partition coefficient (Wildman–Crippen LogP) is 8.12. The number of hydrogen-bond donors (Lipinski definition) is 1. The van der Waals surface area contributed by atoms with E-state index in [0.717, 1.165) is 63.6 Å². The Morgan fingerprint density at radius 3 is 1.94 bits per heavy atom. The number of halogens is 3. The Balaban J connectivity index is 0. The number of unbranched alkanes of at least 4 members (excludes halogenated alkanes) is 1. The first kappa shape index (κ1) is 33.7. The molecule has 0 bridgehead atoms. The van der Waals surface area contributed by atoms with Crippen LogP contribution in [0, 0.1) is 12.3 Å². The molecular formula is C27H48ClF2N3. The Hall–Kier alpha value is -1.46. The molecule has 1 fully saturated rings. The normalized spacial score (nSPS) is 14.2. The van der Waals surface area contributed by atoms with Gasteiger partial charge in [0, 0.05) is 51.1 Å². The molecule has 0 spiro atoms. The van der Waals surface area contributed by atoms with Gasteiger partial charge in [-0.3, -0.25) is 10.3 Å². The van der Waals surface area contributed by atoms with Gasteiger partial charge in [-0.05, 0) is 25.8 Å². The molecule has 2 rings (SSSR count). The molecule has 0 aliphatic carbocycles. The van der Waals surface area contributed by atoms with Crippen molar-refractivity contribution in [3.8, 4) is 0 Å². The van der Waals surface area contributed by atoms with Crippen LogP contribution in [0.3, 0.4) is 0 Å². The molecule has 1 aromatic carbocycles. The Bertz CT molecular complexity index is 632. The van der Waals surface area contributed by atoms with Crippen molar-refractivity contribution >= 4 is 17.4 Å². The van der Waals surface area contributed by atoms with Gasteiger partial charge in [-0.15, -0.1) is 11.6 Å². The van der Waals surface area contributed by atoms with Crippen LogP contribution in [0.25, 0.3) is 0 Å². The van der Waals surface area contributed by atoms with E-state index in [1.807, 2.05) is 27.7 Å². The molecule has 6 heteroatoms. The first-order valence-electron chi connectivity index (χ1n) is 12.3. The fourth-order valence-electron chi connectivity index (χ4n) is 2.87. The van der Waals surface area contributed by atoms with Gasteiger partial charge < -0.3 is 4.90 Å². The minimum Gasteiger partial charge on any atom is -0.354 e. The van der Waals surface area contributed by atoms with Gasteiger partial charge >= 0.3 is 0 Å². The summed E-state index contributed by atoms with van der Waals surface area (Å²) in [6, 6.07) is 6.28. The van der Waals surface area contributed by atoms with Gasteiger partial charge in [0.05, 0.1) is 0 Å². The van der Waals surface area contributed by atoms with Gasteiger partial charge in [0.2, 0.25) is 0 Å². The van der Waals surface area contributed by atoms with Crippen LogP contribution >= 0.6 is 11.6 Å². The lowest BCUT2D eigenvalue weighted by Crippen LogP contribution is -2.49. The summed E-state index contributed by atoms with van der Waals surface area (Å²) in [4.78, 5) is 4.54. The highest BCUT2D eigenvalue weighted by molar-refractivity contribution is 6.18. The number of allylic oxidation sites excluding steroid dienone is 1. The van der Waals surface area contributed by atoms with E-state index >= 15 is 0 Å². The zero-order valence-electron chi connectivity index (χ0n) is 22.3. The molecule has 1 N–H and O–H groups in total. The first-order chi connectivity index (χ1) is 15.6. The number of nitrogens with one attached hydrogen (secondary N) is 1. The Morgan fingerprint density at radius 2 is 1.55 bits per heavy atom. The van der Waals surface area contributed by atoms with Crippen LogP contribution in [-0.2, 0) is 5.92 Å². The van der Waals surface area contributed by atoms with Crippen molar-refractivity contribution in [2.24, 2.45) is 0 Å². The molecule has 33 heavy (non-hydrogen) atoms. The first-order valence-corrected chi connectivity index (χ1v) is 12.9. The molecule has 0 aromatic heterocycles. The lowest BCUT2D eigenvalue weighted by Gasteiger charge is -2.36. The second-order valence-corrected chi connectivity index (χ2v) is 8.38. The quantitative estimate of drug-likeness (QED) is 0.249. The number of aryl methyl sites for hydroxylation is 1. The lowest BCUT2D eigenvalue weighted by atomic mass is 10.1. The minimum atomic E-state index is -2.71. The van der Waals surface area contributed by atoms with E-state index in [0.29, 0.717) is 11.7 Å². The molecule has 0 atom stereocenters. The smallest absolute Gasteiger partial charge is 0.270 e. The number of nitrogens with zero attached hydrogens (tertiary/aromatic N) is 2. The van der Waals surface area contributed by atoms with E-state index in [4.69, 9.17) is 17.0 Å². The average Bonchev–Trinajstić information content (AvgIpc) is 2.80. The highest BCUT2D eigenvalue weighted by Gasteiger charge is 2.23. The number of alkyl halides is 3. The third kappa shape index (κ3) is 15.9. The standard InChI is InChI=1S/C13H24ClN3.C9H10F2.C3H8.C2H6/c1-3-4-5-12(2)13(15)17-10-8-16(7-6-14)9-11-17;1-7-3-5-8(6-4-7)9(2,10)11;1-3-2;1-2/h5,15H,3-4,6-11H2,1-2H3;3-6H,1-2H3;3H2,1-2H3;1-2H3/b12-5-,15-13?;;;. The van der Waals surface area contributed by atoms with Crippen molar-refractivity contribution in [2.45, 2.75) is 80.6 Å². The molecule has 1 aromatic rings. The average molecular weight is 488 g/mol. The maximum absolute atomic E-state index is 12.6. The van der Waals surface area contributed by atoms with Crippen LogP contribution in [0.2, 0.25) is 0 Å². The van der Waals surface area contributed by atoms with E-state index < -0.39 is 5.92 Å². The molecule has 1 saturated heterocycles. The number of amidine groups is 1. The van der Waals surface area contributed by atoms with Crippen molar-refractivity contribution in [3.05, 3.63) is 47.0 Å². The Labute approximate surface area is 207 Å². The van der Waals surface area contributed by atoms with E-state index in [1.54, 1.807) is 12.1 Å². The van der Waals surface area contributed by atoms with E-state index in [-0.39, 0.29) is 5.56 Å². The molecule has 1 heterocycles. The Kier molecular flexibility index (Phi) is 20.4. The van der Waals surface area contributed by atoms with Crippen LogP contribution < -0.4 is 0 Å². The lowest BCUT2D eigenvalue weighted by molar-refractivity contribution is 0.0174. The third-order valence-electron chi connectivity index (χ3n) is 4.76. The van der Waals surface area contributed by atoms with Crippen LogP contribution in [0.4, 0.5) is 8.78 Å². The molecule has 1 aliphatic heterocycles. The molecule has 3 nitrogen and oxygen atoms in total. The minimum absolute atomic E-state index is 0.0723. The number of benzene rings is 1. The van der Waals surface area contributed by atoms with Gasteiger partial charge in [-0.2, -0.15) is 0 Å². The number of rotatable bonds is 6. The molecule has 1 aliphatic rings. The fourth-order valence-corrected chi connectivity index (χ4v) is 3.11. The van der Waals surface area contributed by atoms with Crippen LogP contribution in [0.15, 0.2) is 35.9 Å². The molecule has 0 radical (unpaired) electrons. The summed E-state index contributed by atoms with van der Waals surface area (Å²) in [5, 5.41) is 8.15. The largest absolute Gasteiger partial charge is 0.354 e. The summed E-state index contributed by atoms with van der Waals surface area (Å²) in [7, 11) is 0. The predicted molar refractivity (Wildman–Crippen MR) is 143 cm³/mol. The van der Waals surface area contributed by atoms with Crippen LogP contribution in [-0.4, -0.2) is 54.2 Å². The Morgan fingerprint density at radius 1 is 1.06 bits per heavy atom. The van der Waals surface area contributed by atoms with Crippen molar-refractivity contribution in [2.75, 3.05) is 38.6 Å². The fraction of sp³-hybridized carbons (Fsp3) is 0.667. The summed E-state index contributed by atoms with van der Waals surface area (Å²) < 4.78 is 25.2. The van der Waals surface area contributed by atoms with Crippen molar-refractivity contribution in [1.29, 1.82) is 5.41 Å². The zero-order valence-corrected chi connectivity index (χ0v) is 23.0. The van der Waals surface area contributed by atoms with Gasteiger partial charge in [-0.1, -0.05) is 83.4 Å². The third-order valence-corrected chi connectivity index (χ3v) is 4.93. The summed E-state index contributed by atoms with van der Waals surface area (Å²) in [6.07, 6.45) is 5.64. The van der Waals surface area contributed by atoms with Crippen LogP contribution in [0.5, 0.6) is 0 Å². The van der Waals surface area contributed by atoms with Crippen LogP contribution in [0.1, 0.15) is 78.9 Å². The second kappa shape index (κ2) is 20.0. The molecule has 0 saturated carbocycles. The van der Waals surface area contributed by atoms with Gasteiger partial charge in [-0.25, -0.2) is 8.78 Å². The van der Waals surface area contributed by atoms with Gasteiger partial charge in [0.15, 0.2) is 0 Å². The topological polar surface area (TPSA) is 30.3 Å². The SMILES string of the molecule is CC.CCC.CCC/C=C(/C)C(=N)N1CCN(CCCl)CC1.Cc1ccc(C(C)(F)F)cc1. The zero-order chi connectivity index (χ0) is 25.9. The highest BCUT2D eigenvalue weighted by atomic mass is 35.5. The van der Waals surface area contributed by atoms with Gasteiger partial charge in [0.1, 0.15) is 5.84 Å². The van der Waals surface area contributed by atoms with Crippen molar-refractivity contribution in [3.63, 3.8) is 0 Å². The monoisotopic (exact) mass is 487 g/mol. The maximum Gasteiger partial charge on any atom is 0.270 e. The second-order valence-electron chi connectivity index (χ2n) is 8.00. The maximum atomic E-state index is 12.6. The summed E-state index contributed by atoms with van der Waals surface area (Å²) in [5.41, 5.74) is 2.18. The highest BCUT2D eigenvalue weighted by Crippen LogP contribution is 2.26. The van der Waals surface area contributed by atoms with Crippen molar-refractivity contribution < 1.29 is 8.78 Å². The van der Waals surface area contributed by atoms with E-state index in [9.17, 15) is 8.78 Å². The number of hydrogen-bond acceptors (Lipinski definition) is 2. The van der Waals surface area contributed by atoms with E-state index in [2.05, 4.69) is 36.6 Å². The summed E-state index contributed by atoms with van der Waals surface area (Å²) >= 11 is 5.73.